The number of rotatable bonds is 8. The van der Waals surface area contributed by atoms with E-state index in [9.17, 15) is 31.4 Å². The van der Waals surface area contributed by atoms with Crippen LogP contribution in [0.1, 0.15) is 22.8 Å². The fourth-order valence-corrected chi connectivity index (χ4v) is 2.68. The Hall–Kier alpha value is -1.10. The fraction of sp³-hybridized carbons (Fsp3) is 0.625. The van der Waals surface area contributed by atoms with Gasteiger partial charge >= 0.3 is 12.4 Å². The van der Waals surface area contributed by atoms with Crippen molar-refractivity contribution < 1.29 is 40.9 Å². The van der Waals surface area contributed by atoms with Gasteiger partial charge in [0.25, 0.3) is 0 Å². The molecule has 150 valence electrons. The lowest BCUT2D eigenvalue weighted by atomic mass is 10.0. The van der Waals surface area contributed by atoms with Crippen molar-refractivity contribution in [2.24, 2.45) is 0 Å². The first-order valence-corrected chi connectivity index (χ1v) is 11.5. The van der Waals surface area contributed by atoms with Crippen LogP contribution < -0.4 is 0 Å². The molecule has 1 aromatic carbocycles. The topological polar surface area (TPSA) is 38.7 Å². The van der Waals surface area contributed by atoms with Crippen molar-refractivity contribution in [1.29, 1.82) is 0 Å². The molecule has 1 rings (SSSR count). The van der Waals surface area contributed by atoms with E-state index >= 15 is 0 Å². The maximum absolute atomic E-state index is 12.8. The van der Waals surface area contributed by atoms with Crippen LogP contribution in [0.2, 0.25) is 25.7 Å². The zero-order chi connectivity index (χ0) is 20.2. The van der Waals surface area contributed by atoms with Crippen molar-refractivity contribution in [1.82, 2.24) is 0 Å². The highest BCUT2D eigenvalue weighted by Crippen LogP contribution is 2.37. The van der Waals surface area contributed by atoms with Gasteiger partial charge in [-0.25, -0.2) is 0 Å². The Morgan fingerprint density at radius 3 is 1.85 bits per heavy atom. The third-order valence-electron chi connectivity index (χ3n) is 3.43. The molecule has 0 radical (unpaired) electrons. The predicted octanol–water partition coefficient (Wildman–Crippen LogP) is 5.09. The minimum Gasteiger partial charge on any atom is -0.386 e. The summed E-state index contributed by atoms with van der Waals surface area (Å²) in [6.45, 7) is 6.19. The average molecular weight is 404 g/mol. The van der Waals surface area contributed by atoms with Gasteiger partial charge in [-0.15, -0.1) is 0 Å². The number of halogens is 6. The Morgan fingerprint density at radius 1 is 0.923 bits per heavy atom. The molecule has 1 aromatic rings. The van der Waals surface area contributed by atoms with Crippen molar-refractivity contribution in [3.05, 3.63) is 34.9 Å². The molecule has 0 spiro atoms. The van der Waals surface area contributed by atoms with E-state index in [2.05, 4.69) is 19.6 Å². The maximum atomic E-state index is 12.8. The highest BCUT2D eigenvalue weighted by Gasteiger charge is 2.37. The molecule has 0 aromatic heterocycles. The summed E-state index contributed by atoms with van der Waals surface area (Å²) in [6.07, 6.45) is -11.6. The molecular formula is C16H22F6O3Si. The quantitative estimate of drug-likeness (QED) is 0.284. The number of benzene rings is 1. The van der Waals surface area contributed by atoms with Gasteiger partial charge in [0, 0.05) is 14.7 Å². The summed E-state index contributed by atoms with van der Waals surface area (Å²) in [6, 6.07) is 1.85. The molecule has 0 saturated carbocycles. The fourth-order valence-electron chi connectivity index (χ4n) is 1.92. The highest BCUT2D eigenvalue weighted by molar-refractivity contribution is 6.76. The molecule has 1 unspecified atom stereocenters. The molecule has 0 fully saturated rings. The molecule has 0 heterocycles. The van der Waals surface area contributed by atoms with Gasteiger partial charge in [-0.3, -0.25) is 0 Å². The van der Waals surface area contributed by atoms with Crippen LogP contribution in [0.3, 0.4) is 0 Å². The summed E-state index contributed by atoms with van der Waals surface area (Å²) in [4.78, 5) is 0. The van der Waals surface area contributed by atoms with Crippen LogP contribution in [0.15, 0.2) is 18.2 Å². The molecule has 0 bridgehead atoms. The monoisotopic (exact) mass is 404 g/mol. The van der Waals surface area contributed by atoms with Gasteiger partial charge in [0.1, 0.15) is 12.9 Å². The third kappa shape index (κ3) is 8.06. The van der Waals surface area contributed by atoms with Crippen molar-refractivity contribution in [3.8, 4) is 0 Å². The van der Waals surface area contributed by atoms with E-state index in [4.69, 9.17) is 9.47 Å². The van der Waals surface area contributed by atoms with Crippen LogP contribution in [0, 0.1) is 0 Å². The second kappa shape index (κ2) is 8.72. The van der Waals surface area contributed by atoms with E-state index in [1.807, 2.05) is 0 Å². The van der Waals surface area contributed by atoms with E-state index < -0.39 is 49.8 Å². The van der Waals surface area contributed by atoms with Crippen LogP contribution in [-0.2, 0) is 21.8 Å². The second-order valence-corrected chi connectivity index (χ2v) is 12.7. The molecule has 26 heavy (non-hydrogen) atoms. The van der Waals surface area contributed by atoms with Gasteiger partial charge in [0.15, 0.2) is 0 Å². The molecule has 10 heteroatoms. The Balaban J connectivity index is 2.72. The first-order valence-electron chi connectivity index (χ1n) is 7.83. The molecule has 0 aliphatic heterocycles. The Labute approximate surface area is 148 Å². The van der Waals surface area contributed by atoms with Crippen molar-refractivity contribution in [2.75, 3.05) is 20.0 Å². The molecular weight excluding hydrogens is 382 g/mol. The van der Waals surface area contributed by atoms with Crippen molar-refractivity contribution >= 4 is 8.07 Å². The van der Waals surface area contributed by atoms with Crippen LogP contribution in [0.5, 0.6) is 0 Å². The summed E-state index contributed by atoms with van der Waals surface area (Å²) < 4.78 is 86.9. The van der Waals surface area contributed by atoms with E-state index in [0.717, 1.165) is 6.04 Å². The van der Waals surface area contributed by atoms with Crippen LogP contribution >= 0.6 is 0 Å². The molecule has 0 amide bonds. The van der Waals surface area contributed by atoms with Gasteiger partial charge < -0.3 is 14.6 Å². The largest absolute Gasteiger partial charge is 0.416 e. The maximum Gasteiger partial charge on any atom is 0.416 e. The first-order chi connectivity index (χ1) is 11.7. The van der Waals surface area contributed by atoms with Crippen LogP contribution in [-0.4, -0.2) is 33.2 Å². The summed E-state index contributed by atoms with van der Waals surface area (Å²) >= 11 is 0. The lowest BCUT2D eigenvalue weighted by Gasteiger charge is -2.18. The number of alkyl halides is 6. The molecule has 0 saturated heterocycles. The number of aliphatic hydroxyl groups is 1. The number of ether oxygens (including phenoxy) is 2. The highest BCUT2D eigenvalue weighted by atomic mass is 28.3. The number of hydrogen-bond acceptors (Lipinski definition) is 3. The normalized spacial score (nSPS) is 14.5. The smallest absolute Gasteiger partial charge is 0.386 e. The minimum absolute atomic E-state index is 0.0105. The van der Waals surface area contributed by atoms with E-state index in [1.54, 1.807) is 0 Å². The van der Waals surface area contributed by atoms with Gasteiger partial charge in [0.2, 0.25) is 0 Å². The summed E-state index contributed by atoms with van der Waals surface area (Å²) in [5.41, 5.74) is -3.48. The Morgan fingerprint density at radius 2 is 1.42 bits per heavy atom. The van der Waals surface area contributed by atoms with Gasteiger partial charge in [-0.05, 0) is 29.8 Å². The van der Waals surface area contributed by atoms with Crippen molar-refractivity contribution in [2.45, 2.75) is 44.1 Å². The zero-order valence-electron chi connectivity index (χ0n) is 14.7. The molecule has 0 aliphatic rings. The minimum atomic E-state index is -4.96. The van der Waals surface area contributed by atoms with E-state index in [1.165, 1.54) is 0 Å². The Kier molecular flexibility index (Phi) is 7.70. The van der Waals surface area contributed by atoms with E-state index in [0.29, 0.717) is 18.7 Å². The SMILES string of the molecule is C[Si](C)(C)CCOCOCC(O)c1cc(C(F)(F)F)cc(C(F)(F)F)c1. The van der Waals surface area contributed by atoms with Crippen LogP contribution in [0.25, 0.3) is 0 Å². The predicted molar refractivity (Wildman–Crippen MR) is 86.3 cm³/mol. The summed E-state index contributed by atoms with van der Waals surface area (Å²) in [7, 11) is -1.28. The molecule has 0 aliphatic carbocycles. The lowest BCUT2D eigenvalue weighted by molar-refractivity contribution is -0.143. The summed E-state index contributed by atoms with van der Waals surface area (Å²) in [5, 5.41) is 9.88. The summed E-state index contributed by atoms with van der Waals surface area (Å²) in [5.74, 6) is 0. The Bertz CT molecular complexity index is 549. The molecule has 1 atom stereocenters. The van der Waals surface area contributed by atoms with Gasteiger partial charge in [-0.2, -0.15) is 26.3 Å². The first kappa shape index (κ1) is 22.9. The number of hydrogen-bond donors (Lipinski definition) is 1. The number of aliphatic hydroxyl groups excluding tert-OH is 1. The molecule has 1 N–H and O–H groups in total. The molecule has 3 nitrogen and oxygen atoms in total. The van der Waals surface area contributed by atoms with Gasteiger partial charge in [-0.1, -0.05) is 19.6 Å². The zero-order valence-corrected chi connectivity index (χ0v) is 15.7. The standard InChI is InChI=1S/C16H22F6O3Si/c1-26(2,3)5-4-24-10-25-9-14(23)11-6-12(15(17,18)19)8-13(7-11)16(20,21)22/h6-8,14,23H,4-5,9-10H2,1-3H3. The van der Waals surface area contributed by atoms with Crippen molar-refractivity contribution in [3.63, 3.8) is 0 Å². The average Bonchev–Trinajstić information content (AvgIpc) is 2.47. The van der Waals surface area contributed by atoms with Gasteiger partial charge in [0.05, 0.1) is 17.7 Å². The second-order valence-electron chi connectivity index (χ2n) is 7.06. The van der Waals surface area contributed by atoms with E-state index in [-0.39, 0.29) is 12.9 Å². The lowest BCUT2D eigenvalue weighted by Crippen LogP contribution is -2.22. The van der Waals surface area contributed by atoms with Crippen LogP contribution in [0.4, 0.5) is 26.3 Å². The third-order valence-corrected chi connectivity index (χ3v) is 5.14.